The lowest BCUT2D eigenvalue weighted by molar-refractivity contribution is 0.0481. The summed E-state index contributed by atoms with van der Waals surface area (Å²) in [5, 5.41) is 20.6. The van der Waals surface area contributed by atoms with E-state index in [1.54, 1.807) is 6.07 Å². The smallest absolute Gasteiger partial charge is 0.364 e. The van der Waals surface area contributed by atoms with Crippen molar-refractivity contribution in [3.05, 3.63) is 22.6 Å². The van der Waals surface area contributed by atoms with Crippen molar-refractivity contribution in [3.63, 3.8) is 0 Å². The van der Waals surface area contributed by atoms with Crippen molar-refractivity contribution in [2.45, 2.75) is 31.8 Å². The molecule has 0 saturated carbocycles. The minimum atomic E-state index is -0.606. The van der Waals surface area contributed by atoms with Gasteiger partial charge in [-0.3, -0.25) is 0 Å². The van der Waals surface area contributed by atoms with E-state index in [9.17, 15) is 9.90 Å². The van der Waals surface area contributed by atoms with Crippen LogP contribution in [0.25, 0.3) is 5.65 Å². The highest BCUT2D eigenvalue weighted by Crippen LogP contribution is 2.23. The zero-order chi connectivity index (χ0) is 13.5. The van der Waals surface area contributed by atoms with Crippen LogP contribution in [0.2, 0.25) is 0 Å². The number of hydrogen-bond donors (Lipinski definition) is 2. The van der Waals surface area contributed by atoms with E-state index in [1.165, 1.54) is 4.52 Å². The second kappa shape index (κ2) is 4.34. The average Bonchev–Trinajstić information content (AvgIpc) is 2.64. The largest absolute Gasteiger partial charge is 0.390 e. The van der Waals surface area contributed by atoms with E-state index in [-0.39, 0.29) is 5.69 Å². The second-order valence-corrected chi connectivity index (χ2v) is 5.33. The van der Waals surface area contributed by atoms with E-state index in [0.717, 1.165) is 31.7 Å². The third-order valence-electron chi connectivity index (χ3n) is 3.65. The fraction of sp³-hybridized carbons (Fsp3) is 0.583. The van der Waals surface area contributed by atoms with Gasteiger partial charge in [-0.15, -0.1) is 5.10 Å². The Kier molecular flexibility index (Phi) is 2.78. The van der Waals surface area contributed by atoms with Crippen molar-refractivity contribution >= 4 is 11.5 Å². The third kappa shape index (κ3) is 2.33. The molecule has 0 radical (unpaired) electrons. The van der Waals surface area contributed by atoms with E-state index in [0.29, 0.717) is 12.1 Å². The van der Waals surface area contributed by atoms with Crippen molar-refractivity contribution < 1.29 is 5.11 Å². The quantitative estimate of drug-likeness (QED) is 0.765. The molecular weight excluding hydrogens is 246 g/mol. The summed E-state index contributed by atoms with van der Waals surface area (Å²) >= 11 is 0. The van der Waals surface area contributed by atoms with Gasteiger partial charge >= 0.3 is 5.69 Å². The SMILES string of the molecule is CC1(O)CCCN(c2ccc3n[nH]c(=O)n3n2)CC1. The standard InChI is InChI=1S/C12H17N5O2/c1-12(19)5-2-7-16(8-6-12)10-4-3-9-13-14-11(18)17(9)15-10/h3-4,19H,2,5-8H2,1H3,(H,14,18). The van der Waals surface area contributed by atoms with Crippen LogP contribution in [0.1, 0.15) is 26.2 Å². The van der Waals surface area contributed by atoms with Gasteiger partial charge in [-0.2, -0.15) is 9.61 Å². The van der Waals surface area contributed by atoms with Crippen LogP contribution in [-0.4, -0.2) is 43.6 Å². The van der Waals surface area contributed by atoms with Gasteiger partial charge in [0.2, 0.25) is 0 Å². The molecule has 7 heteroatoms. The maximum absolute atomic E-state index is 11.5. The Morgan fingerprint density at radius 2 is 2.21 bits per heavy atom. The van der Waals surface area contributed by atoms with Gasteiger partial charge in [0.05, 0.1) is 5.60 Å². The van der Waals surface area contributed by atoms with Crippen LogP contribution in [-0.2, 0) is 0 Å². The minimum Gasteiger partial charge on any atom is -0.390 e. The first-order chi connectivity index (χ1) is 9.05. The number of nitrogens with zero attached hydrogens (tertiary/aromatic N) is 4. The van der Waals surface area contributed by atoms with Crippen LogP contribution in [0.15, 0.2) is 16.9 Å². The van der Waals surface area contributed by atoms with Gasteiger partial charge in [0.15, 0.2) is 5.65 Å². The first-order valence-corrected chi connectivity index (χ1v) is 6.47. The number of aliphatic hydroxyl groups is 1. The maximum atomic E-state index is 11.5. The van der Waals surface area contributed by atoms with Gasteiger partial charge in [-0.1, -0.05) is 0 Å². The number of nitrogens with one attached hydrogen (secondary N) is 1. The summed E-state index contributed by atoms with van der Waals surface area (Å²) in [7, 11) is 0. The zero-order valence-corrected chi connectivity index (χ0v) is 10.8. The lowest BCUT2D eigenvalue weighted by Crippen LogP contribution is -2.29. The molecule has 0 bridgehead atoms. The summed E-state index contributed by atoms with van der Waals surface area (Å²) in [5.41, 5.74) is -0.431. The number of H-pyrrole nitrogens is 1. The third-order valence-corrected chi connectivity index (χ3v) is 3.65. The minimum absolute atomic E-state index is 0.335. The van der Waals surface area contributed by atoms with Gasteiger partial charge < -0.3 is 10.0 Å². The molecular formula is C12H17N5O2. The average molecular weight is 263 g/mol. The Morgan fingerprint density at radius 3 is 3.05 bits per heavy atom. The molecule has 0 aromatic carbocycles. The topological polar surface area (TPSA) is 86.5 Å². The highest BCUT2D eigenvalue weighted by Gasteiger charge is 2.25. The Labute approximate surface area is 109 Å². The molecule has 7 nitrogen and oxygen atoms in total. The zero-order valence-electron chi connectivity index (χ0n) is 10.8. The Morgan fingerprint density at radius 1 is 1.37 bits per heavy atom. The molecule has 1 unspecified atom stereocenters. The number of rotatable bonds is 1. The lowest BCUT2D eigenvalue weighted by Gasteiger charge is -2.23. The highest BCUT2D eigenvalue weighted by atomic mass is 16.3. The molecule has 2 aromatic rings. The molecule has 1 aliphatic rings. The number of aromatic amines is 1. The van der Waals surface area contributed by atoms with E-state index in [1.807, 2.05) is 13.0 Å². The van der Waals surface area contributed by atoms with Crippen molar-refractivity contribution in [2.75, 3.05) is 18.0 Å². The monoisotopic (exact) mass is 263 g/mol. The van der Waals surface area contributed by atoms with Gasteiger partial charge in [-0.25, -0.2) is 9.89 Å². The van der Waals surface area contributed by atoms with Gasteiger partial charge in [-0.05, 0) is 38.3 Å². The number of hydrogen-bond acceptors (Lipinski definition) is 5. The summed E-state index contributed by atoms with van der Waals surface area (Å²) in [6.45, 7) is 3.44. The molecule has 1 atom stereocenters. The van der Waals surface area contributed by atoms with E-state index < -0.39 is 5.60 Å². The molecule has 19 heavy (non-hydrogen) atoms. The molecule has 3 rings (SSSR count). The Bertz CT molecular complexity index is 645. The summed E-state index contributed by atoms with van der Waals surface area (Å²) in [4.78, 5) is 13.6. The van der Waals surface area contributed by atoms with E-state index in [4.69, 9.17) is 0 Å². The van der Waals surface area contributed by atoms with Crippen LogP contribution in [0, 0.1) is 0 Å². The molecule has 3 heterocycles. The molecule has 0 amide bonds. The van der Waals surface area contributed by atoms with Crippen molar-refractivity contribution in [1.82, 2.24) is 19.8 Å². The number of fused-ring (bicyclic) bond motifs is 1. The Hall–Kier alpha value is -1.89. The van der Waals surface area contributed by atoms with Gasteiger partial charge in [0.1, 0.15) is 5.82 Å². The van der Waals surface area contributed by atoms with Crippen LogP contribution < -0.4 is 10.6 Å². The number of aromatic nitrogens is 4. The van der Waals surface area contributed by atoms with E-state index >= 15 is 0 Å². The molecule has 2 aromatic heterocycles. The molecule has 102 valence electrons. The second-order valence-electron chi connectivity index (χ2n) is 5.33. The van der Waals surface area contributed by atoms with Crippen molar-refractivity contribution in [2.24, 2.45) is 0 Å². The summed E-state index contributed by atoms with van der Waals surface area (Å²) in [5.74, 6) is 0.744. The number of anilines is 1. The van der Waals surface area contributed by atoms with E-state index in [2.05, 4.69) is 20.2 Å². The highest BCUT2D eigenvalue weighted by molar-refractivity contribution is 5.45. The predicted molar refractivity (Wildman–Crippen MR) is 70.3 cm³/mol. The predicted octanol–water partition coefficient (Wildman–Crippen LogP) is 0.159. The van der Waals surface area contributed by atoms with Crippen LogP contribution >= 0.6 is 0 Å². The lowest BCUT2D eigenvalue weighted by atomic mass is 9.98. The fourth-order valence-corrected chi connectivity index (χ4v) is 2.45. The van der Waals surface area contributed by atoms with Gasteiger partial charge in [0, 0.05) is 13.1 Å². The van der Waals surface area contributed by atoms with Crippen molar-refractivity contribution in [1.29, 1.82) is 0 Å². The summed E-state index contributed by atoms with van der Waals surface area (Å²) < 4.78 is 1.26. The molecule has 1 saturated heterocycles. The summed E-state index contributed by atoms with van der Waals surface area (Å²) in [6.07, 6.45) is 2.40. The van der Waals surface area contributed by atoms with Crippen LogP contribution in [0.4, 0.5) is 5.82 Å². The summed E-state index contributed by atoms with van der Waals surface area (Å²) in [6, 6.07) is 3.62. The van der Waals surface area contributed by atoms with Crippen LogP contribution in [0.5, 0.6) is 0 Å². The normalized spacial score (nSPS) is 24.6. The van der Waals surface area contributed by atoms with Gasteiger partial charge in [0.25, 0.3) is 0 Å². The molecule has 0 spiro atoms. The molecule has 1 fully saturated rings. The first kappa shape index (κ1) is 12.2. The molecule has 2 N–H and O–H groups in total. The Balaban J connectivity index is 1.91. The maximum Gasteiger partial charge on any atom is 0.364 e. The van der Waals surface area contributed by atoms with Crippen LogP contribution in [0.3, 0.4) is 0 Å². The fourth-order valence-electron chi connectivity index (χ4n) is 2.45. The first-order valence-electron chi connectivity index (χ1n) is 6.47. The molecule has 1 aliphatic heterocycles. The molecule has 0 aliphatic carbocycles. The van der Waals surface area contributed by atoms with Crippen molar-refractivity contribution in [3.8, 4) is 0 Å².